The first-order valence-electron chi connectivity index (χ1n) is 5.01. The van der Waals surface area contributed by atoms with E-state index in [1.165, 1.54) is 12.8 Å². The monoisotopic (exact) mass is 180 g/mol. The van der Waals surface area contributed by atoms with Gasteiger partial charge in [-0.15, -0.1) is 0 Å². The number of hydrogen-bond donors (Lipinski definition) is 0. The third-order valence-electron chi connectivity index (χ3n) is 1.79. The zero-order valence-electron chi connectivity index (χ0n) is 9.24. The minimum Gasteiger partial charge on any atom is -0.284 e. The smallest absolute Gasteiger partial charge is 0.210 e. The summed E-state index contributed by atoms with van der Waals surface area (Å²) in [5.74, 6) is 5.66. The van der Waals surface area contributed by atoms with E-state index < -0.39 is 0 Å². The largest absolute Gasteiger partial charge is 0.284 e. The molecule has 0 saturated carbocycles. The van der Waals surface area contributed by atoms with Crippen LogP contribution in [0.5, 0.6) is 0 Å². The van der Waals surface area contributed by atoms with Gasteiger partial charge in [-0.25, -0.2) is 0 Å². The van der Waals surface area contributed by atoms with Gasteiger partial charge in [-0.2, -0.15) is 0 Å². The summed E-state index contributed by atoms with van der Waals surface area (Å²) in [6, 6.07) is 0. The zero-order valence-corrected chi connectivity index (χ0v) is 9.24. The Bertz CT molecular complexity index is 210. The van der Waals surface area contributed by atoms with Crippen molar-refractivity contribution in [2.24, 2.45) is 5.41 Å². The summed E-state index contributed by atoms with van der Waals surface area (Å²) in [6.07, 6.45) is 4.38. The molecule has 0 spiro atoms. The Morgan fingerprint density at radius 2 is 1.85 bits per heavy atom. The van der Waals surface area contributed by atoms with E-state index in [0.717, 1.165) is 12.8 Å². The summed E-state index contributed by atoms with van der Waals surface area (Å²) in [4.78, 5) is 11.3. The van der Waals surface area contributed by atoms with Crippen molar-refractivity contribution in [1.29, 1.82) is 0 Å². The maximum atomic E-state index is 11.3. The molecule has 1 nitrogen and oxygen atoms in total. The van der Waals surface area contributed by atoms with Crippen LogP contribution in [0, 0.1) is 17.3 Å². The standard InChI is InChI=1S/C12H20O/c1-5-6-7-8-9-10-11(13)12(2,3)4/h5-8H2,1-4H3. The number of rotatable bonds is 3. The van der Waals surface area contributed by atoms with Crippen LogP contribution in [0.2, 0.25) is 0 Å². The minimum absolute atomic E-state index is 0.0454. The summed E-state index contributed by atoms with van der Waals surface area (Å²) in [5.41, 5.74) is -0.308. The van der Waals surface area contributed by atoms with Gasteiger partial charge in [0, 0.05) is 11.8 Å². The fraction of sp³-hybridized carbons (Fsp3) is 0.750. The first-order valence-corrected chi connectivity index (χ1v) is 5.01. The van der Waals surface area contributed by atoms with Gasteiger partial charge in [0.25, 0.3) is 0 Å². The van der Waals surface area contributed by atoms with Crippen LogP contribution >= 0.6 is 0 Å². The Morgan fingerprint density at radius 1 is 1.23 bits per heavy atom. The van der Waals surface area contributed by atoms with Gasteiger partial charge >= 0.3 is 0 Å². The van der Waals surface area contributed by atoms with E-state index in [1.54, 1.807) is 0 Å². The van der Waals surface area contributed by atoms with E-state index in [2.05, 4.69) is 18.8 Å². The first kappa shape index (κ1) is 12.2. The molecule has 0 unspecified atom stereocenters. The second kappa shape index (κ2) is 5.80. The first-order chi connectivity index (χ1) is 5.98. The molecule has 0 aromatic rings. The van der Waals surface area contributed by atoms with Crippen molar-refractivity contribution in [3.05, 3.63) is 0 Å². The molecule has 0 aliphatic heterocycles. The van der Waals surface area contributed by atoms with Gasteiger partial charge in [0.15, 0.2) is 0 Å². The Balaban J connectivity index is 3.77. The van der Waals surface area contributed by atoms with Gasteiger partial charge in [-0.3, -0.25) is 4.79 Å². The van der Waals surface area contributed by atoms with Crippen LogP contribution in [0.1, 0.15) is 53.4 Å². The molecule has 0 aliphatic rings. The molecule has 0 radical (unpaired) electrons. The molecule has 0 fully saturated rings. The fourth-order valence-electron chi connectivity index (χ4n) is 0.794. The Labute approximate surface area is 81.9 Å². The number of ketones is 1. The van der Waals surface area contributed by atoms with E-state index in [4.69, 9.17) is 0 Å². The van der Waals surface area contributed by atoms with Crippen molar-refractivity contribution in [3.8, 4) is 11.8 Å². The van der Waals surface area contributed by atoms with E-state index >= 15 is 0 Å². The average Bonchev–Trinajstić information content (AvgIpc) is 2.02. The highest BCUT2D eigenvalue weighted by atomic mass is 16.1. The van der Waals surface area contributed by atoms with Crippen LogP contribution in [-0.2, 0) is 4.79 Å². The van der Waals surface area contributed by atoms with E-state index in [0.29, 0.717) is 0 Å². The lowest BCUT2D eigenvalue weighted by Crippen LogP contribution is -2.17. The van der Waals surface area contributed by atoms with Crippen molar-refractivity contribution < 1.29 is 4.79 Å². The lowest BCUT2D eigenvalue weighted by molar-refractivity contribution is -0.120. The van der Waals surface area contributed by atoms with Crippen LogP contribution in [-0.4, -0.2) is 5.78 Å². The normalized spacial score (nSPS) is 10.5. The predicted molar refractivity (Wildman–Crippen MR) is 56.4 cm³/mol. The quantitative estimate of drug-likeness (QED) is 0.370. The van der Waals surface area contributed by atoms with Crippen molar-refractivity contribution >= 4 is 5.78 Å². The summed E-state index contributed by atoms with van der Waals surface area (Å²) >= 11 is 0. The Kier molecular flexibility index (Phi) is 5.46. The summed E-state index contributed by atoms with van der Waals surface area (Å²) in [5, 5.41) is 0. The van der Waals surface area contributed by atoms with Gasteiger partial charge < -0.3 is 0 Å². The second-order valence-electron chi connectivity index (χ2n) is 4.34. The number of Topliss-reactive ketones (excluding diaryl/α,β-unsaturated/α-hetero) is 1. The van der Waals surface area contributed by atoms with E-state index in [-0.39, 0.29) is 11.2 Å². The molecule has 0 N–H and O–H groups in total. The van der Waals surface area contributed by atoms with Gasteiger partial charge in [0.2, 0.25) is 5.78 Å². The summed E-state index contributed by atoms with van der Waals surface area (Å²) in [7, 11) is 0. The van der Waals surface area contributed by atoms with Crippen molar-refractivity contribution in [1.82, 2.24) is 0 Å². The van der Waals surface area contributed by atoms with Crippen LogP contribution in [0.15, 0.2) is 0 Å². The van der Waals surface area contributed by atoms with Gasteiger partial charge in [0.1, 0.15) is 0 Å². The molecule has 0 amide bonds. The molecule has 0 aromatic heterocycles. The molecule has 0 aromatic carbocycles. The minimum atomic E-state index is -0.308. The van der Waals surface area contributed by atoms with Gasteiger partial charge in [0.05, 0.1) is 0 Å². The molecule has 0 bridgehead atoms. The van der Waals surface area contributed by atoms with Crippen molar-refractivity contribution in [3.63, 3.8) is 0 Å². The summed E-state index contributed by atoms with van der Waals surface area (Å²) < 4.78 is 0. The van der Waals surface area contributed by atoms with E-state index in [1.807, 2.05) is 20.8 Å². The van der Waals surface area contributed by atoms with Gasteiger partial charge in [-0.1, -0.05) is 46.5 Å². The van der Waals surface area contributed by atoms with Crippen LogP contribution in [0.25, 0.3) is 0 Å². The van der Waals surface area contributed by atoms with Crippen LogP contribution < -0.4 is 0 Å². The lowest BCUT2D eigenvalue weighted by Gasteiger charge is -2.10. The average molecular weight is 180 g/mol. The SMILES string of the molecule is CCCCCC#CC(=O)C(C)(C)C. The van der Waals surface area contributed by atoms with Gasteiger partial charge in [-0.05, 0) is 12.3 Å². The Morgan fingerprint density at radius 3 is 2.31 bits per heavy atom. The molecular formula is C12H20O. The topological polar surface area (TPSA) is 17.1 Å². The predicted octanol–water partition coefficient (Wildman–Crippen LogP) is 3.19. The Hall–Kier alpha value is -0.770. The highest BCUT2D eigenvalue weighted by molar-refractivity contribution is 5.99. The molecule has 0 atom stereocenters. The third-order valence-corrected chi connectivity index (χ3v) is 1.79. The fourth-order valence-corrected chi connectivity index (χ4v) is 0.794. The number of carbonyl (C=O) groups excluding carboxylic acids is 1. The van der Waals surface area contributed by atoms with Crippen molar-refractivity contribution in [2.45, 2.75) is 53.4 Å². The highest BCUT2D eigenvalue weighted by Gasteiger charge is 2.18. The lowest BCUT2D eigenvalue weighted by atomic mass is 9.91. The molecule has 0 aliphatic carbocycles. The number of carbonyl (C=O) groups is 1. The van der Waals surface area contributed by atoms with Crippen LogP contribution in [0.4, 0.5) is 0 Å². The highest BCUT2D eigenvalue weighted by Crippen LogP contribution is 2.13. The second-order valence-corrected chi connectivity index (χ2v) is 4.34. The number of unbranched alkanes of at least 4 members (excludes halogenated alkanes) is 3. The zero-order chi connectivity index (χ0) is 10.3. The number of hydrogen-bond acceptors (Lipinski definition) is 1. The molecule has 74 valence electrons. The molecule has 0 saturated heterocycles. The third kappa shape index (κ3) is 6.40. The van der Waals surface area contributed by atoms with Crippen molar-refractivity contribution in [2.75, 3.05) is 0 Å². The molecule has 0 heterocycles. The molecule has 0 rings (SSSR count). The molecular weight excluding hydrogens is 160 g/mol. The van der Waals surface area contributed by atoms with E-state index in [9.17, 15) is 4.79 Å². The maximum Gasteiger partial charge on any atom is 0.210 e. The maximum absolute atomic E-state index is 11.3. The van der Waals surface area contributed by atoms with Crippen LogP contribution in [0.3, 0.4) is 0 Å². The molecule has 13 heavy (non-hydrogen) atoms. The summed E-state index contributed by atoms with van der Waals surface area (Å²) in [6.45, 7) is 7.86. The molecule has 1 heteroatoms.